The summed E-state index contributed by atoms with van der Waals surface area (Å²) in [6, 6.07) is 20.0. The maximum Gasteiger partial charge on any atom is 0.407 e. The Morgan fingerprint density at radius 1 is 1.00 bits per heavy atom. The quantitative estimate of drug-likeness (QED) is 0.598. The van der Waals surface area contributed by atoms with Gasteiger partial charge in [0.2, 0.25) is 0 Å². The third kappa shape index (κ3) is 7.13. The lowest BCUT2D eigenvalue weighted by molar-refractivity contribution is 0.0380. The number of alkyl carbamates (subject to hydrolysis) is 1. The largest absolute Gasteiger partial charge is 0.445 e. The van der Waals surface area contributed by atoms with Crippen LogP contribution in [0.4, 0.5) is 4.79 Å². The molecular weight excluding hydrogens is 418 g/mol. The van der Waals surface area contributed by atoms with Crippen LogP contribution in [-0.2, 0) is 16.1 Å². The van der Waals surface area contributed by atoms with Crippen molar-refractivity contribution in [3.8, 4) is 0 Å². The van der Waals surface area contributed by atoms with Gasteiger partial charge in [0.1, 0.15) is 6.61 Å². The van der Waals surface area contributed by atoms with Gasteiger partial charge in [-0.25, -0.2) is 4.79 Å². The van der Waals surface area contributed by atoms with Crippen LogP contribution in [0.3, 0.4) is 0 Å². The molecule has 28 heavy (non-hydrogen) atoms. The lowest BCUT2D eigenvalue weighted by Crippen LogP contribution is -2.39. The van der Waals surface area contributed by atoms with Gasteiger partial charge in [-0.15, -0.1) is 0 Å². The number of halogens is 1. The highest BCUT2D eigenvalue weighted by molar-refractivity contribution is 9.11. The van der Waals surface area contributed by atoms with Gasteiger partial charge in [0.25, 0.3) is 0 Å². The predicted octanol–water partition coefficient (Wildman–Crippen LogP) is 5.68. The molecule has 1 saturated carbocycles. The fourth-order valence-corrected chi connectivity index (χ4v) is 3.67. The lowest BCUT2D eigenvalue weighted by Gasteiger charge is -2.28. The number of carbonyl (C=O) groups is 1. The predicted molar refractivity (Wildman–Crippen MR) is 115 cm³/mol. The summed E-state index contributed by atoms with van der Waals surface area (Å²) in [5.41, 5.74) is 2.14. The van der Waals surface area contributed by atoms with Crippen molar-refractivity contribution >= 4 is 28.1 Å². The van der Waals surface area contributed by atoms with Crippen LogP contribution in [0.5, 0.6) is 0 Å². The summed E-state index contributed by atoms with van der Waals surface area (Å²) in [6.07, 6.45) is 5.66. The van der Waals surface area contributed by atoms with Gasteiger partial charge < -0.3 is 14.8 Å². The number of ether oxygens (including phenoxy) is 2. The maximum atomic E-state index is 12.0. The molecule has 3 rings (SSSR count). The molecule has 0 heterocycles. The summed E-state index contributed by atoms with van der Waals surface area (Å²) in [5, 5.41) is 2.97. The van der Waals surface area contributed by atoms with Gasteiger partial charge in [-0.3, -0.25) is 0 Å². The smallest absolute Gasteiger partial charge is 0.407 e. The van der Waals surface area contributed by atoms with Crippen molar-refractivity contribution in [2.24, 2.45) is 0 Å². The molecule has 0 unspecified atom stereocenters. The summed E-state index contributed by atoms with van der Waals surface area (Å²) < 4.78 is 12.3. The molecule has 0 spiro atoms. The number of amides is 1. The molecular formula is C23H26BrNO3. The zero-order chi connectivity index (χ0) is 19.6. The molecule has 4 nitrogen and oxygen atoms in total. The zero-order valence-electron chi connectivity index (χ0n) is 15.9. The zero-order valence-corrected chi connectivity index (χ0v) is 17.4. The molecule has 1 fully saturated rings. The van der Waals surface area contributed by atoms with Crippen molar-refractivity contribution in [2.45, 2.75) is 44.4 Å². The first-order chi connectivity index (χ1) is 13.7. The van der Waals surface area contributed by atoms with E-state index in [9.17, 15) is 4.79 Å². The molecule has 1 aliphatic carbocycles. The summed E-state index contributed by atoms with van der Waals surface area (Å²) in [5.74, 6) is 0. The number of hydrogen-bond donors (Lipinski definition) is 1. The van der Waals surface area contributed by atoms with E-state index in [0.29, 0.717) is 13.2 Å². The van der Waals surface area contributed by atoms with Gasteiger partial charge in [0, 0.05) is 10.5 Å². The molecule has 1 amide bonds. The normalized spacial score (nSPS) is 19.8. The first-order valence-corrected chi connectivity index (χ1v) is 10.5. The Balaban J connectivity index is 1.33. The van der Waals surface area contributed by atoms with E-state index < -0.39 is 0 Å². The molecule has 1 aliphatic rings. The van der Waals surface area contributed by atoms with Crippen LogP contribution in [0.2, 0.25) is 0 Å². The van der Waals surface area contributed by atoms with Crippen molar-refractivity contribution in [3.05, 3.63) is 76.3 Å². The van der Waals surface area contributed by atoms with Gasteiger partial charge in [0.15, 0.2) is 0 Å². The maximum absolute atomic E-state index is 12.0. The Labute approximate surface area is 175 Å². The Bertz CT molecular complexity index is 756. The van der Waals surface area contributed by atoms with Gasteiger partial charge in [-0.2, -0.15) is 0 Å². The van der Waals surface area contributed by atoms with Crippen LogP contribution >= 0.6 is 15.9 Å². The molecule has 148 valence electrons. The van der Waals surface area contributed by atoms with E-state index in [2.05, 4.69) is 39.5 Å². The second-order valence-corrected chi connectivity index (χ2v) is 8.01. The number of carbonyl (C=O) groups excluding carboxylic acids is 1. The van der Waals surface area contributed by atoms with Crippen molar-refractivity contribution < 1.29 is 14.3 Å². The van der Waals surface area contributed by atoms with E-state index in [-0.39, 0.29) is 18.2 Å². The summed E-state index contributed by atoms with van der Waals surface area (Å²) in [4.78, 5) is 12.0. The van der Waals surface area contributed by atoms with Crippen molar-refractivity contribution in [1.29, 1.82) is 0 Å². The Hall–Kier alpha value is -2.11. The summed E-state index contributed by atoms with van der Waals surface area (Å²) >= 11 is 3.59. The van der Waals surface area contributed by atoms with Crippen molar-refractivity contribution in [1.82, 2.24) is 5.32 Å². The SMILES string of the molecule is O=C(NC1CCC(OC/C(Br)=C/c2ccccc2)CC1)OCc1ccccc1. The molecule has 0 aliphatic heterocycles. The second-order valence-electron chi connectivity index (χ2n) is 6.99. The van der Waals surface area contributed by atoms with E-state index in [4.69, 9.17) is 9.47 Å². The standard InChI is InChI=1S/C23H26BrNO3/c24-20(15-18-7-3-1-4-8-18)17-27-22-13-11-21(12-14-22)25-23(26)28-16-19-9-5-2-6-10-19/h1-10,15,21-22H,11-14,16-17H2,(H,25,26)/b20-15-. The number of nitrogens with one attached hydrogen (secondary N) is 1. The van der Waals surface area contributed by atoms with Crippen LogP contribution < -0.4 is 5.32 Å². The molecule has 2 aromatic rings. The minimum atomic E-state index is -0.346. The fraction of sp³-hybridized carbons (Fsp3) is 0.348. The molecule has 5 heteroatoms. The van der Waals surface area contributed by atoms with E-state index in [0.717, 1.165) is 41.3 Å². The summed E-state index contributed by atoms with van der Waals surface area (Å²) in [6.45, 7) is 0.865. The van der Waals surface area contributed by atoms with Gasteiger partial charge in [-0.05, 0) is 42.9 Å². The van der Waals surface area contributed by atoms with Crippen LogP contribution in [0, 0.1) is 0 Å². The molecule has 0 radical (unpaired) electrons. The minimum Gasteiger partial charge on any atom is -0.445 e. The molecule has 0 bridgehead atoms. The second kappa shape index (κ2) is 11.0. The molecule has 0 saturated heterocycles. The third-order valence-electron chi connectivity index (χ3n) is 4.79. The molecule has 0 aromatic heterocycles. The Morgan fingerprint density at radius 2 is 1.64 bits per heavy atom. The average Bonchev–Trinajstić information content (AvgIpc) is 2.73. The van der Waals surface area contributed by atoms with E-state index >= 15 is 0 Å². The van der Waals surface area contributed by atoms with Gasteiger partial charge >= 0.3 is 6.09 Å². The highest BCUT2D eigenvalue weighted by Gasteiger charge is 2.23. The van der Waals surface area contributed by atoms with Gasteiger partial charge in [0.05, 0.1) is 12.7 Å². The topological polar surface area (TPSA) is 47.6 Å². The van der Waals surface area contributed by atoms with Crippen LogP contribution in [0.1, 0.15) is 36.8 Å². The fourth-order valence-electron chi connectivity index (χ4n) is 3.27. The summed E-state index contributed by atoms with van der Waals surface area (Å²) in [7, 11) is 0. The molecule has 0 atom stereocenters. The Kier molecular flexibility index (Phi) is 8.12. The molecule has 1 N–H and O–H groups in total. The van der Waals surface area contributed by atoms with Crippen LogP contribution in [0.25, 0.3) is 6.08 Å². The van der Waals surface area contributed by atoms with E-state index in [1.165, 1.54) is 0 Å². The average molecular weight is 444 g/mol. The first kappa shape index (κ1) is 20.6. The van der Waals surface area contributed by atoms with E-state index in [1.807, 2.05) is 48.5 Å². The third-order valence-corrected chi connectivity index (χ3v) is 5.25. The number of hydrogen-bond acceptors (Lipinski definition) is 3. The lowest BCUT2D eigenvalue weighted by atomic mass is 9.93. The monoisotopic (exact) mass is 443 g/mol. The van der Waals surface area contributed by atoms with Gasteiger partial charge in [-0.1, -0.05) is 76.6 Å². The first-order valence-electron chi connectivity index (χ1n) is 9.69. The Morgan fingerprint density at radius 3 is 2.32 bits per heavy atom. The highest BCUT2D eigenvalue weighted by Crippen LogP contribution is 2.23. The number of benzene rings is 2. The highest BCUT2D eigenvalue weighted by atomic mass is 79.9. The van der Waals surface area contributed by atoms with Crippen molar-refractivity contribution in [3.63, 3.8) is 0 Å². The van der Waals surface area contributed by atoms with Crippen LogP contribution in [-0.4, -0.2) is 24.8 Å². The number of rotatable bonds is 7. The van der Waals surface area contributed by atoms with Crippen LogP contribution in [0.15, 0.2) is 65.1 Å². The van der Waals surface area contributed by atoms with Crippen molar-refractivity contribution in [2.75, 3.05) is 6.61 Å². The molecule has 2 aromatic carbocycles. The van der Waals surface area contributed by atoms with E-state index in [1.54, 1.807) is 0 Å². The minimum absolute atomic E-state index is 0.159.